The first kappa shape index (κ1) is 15.9. The SMILES string of the molecule is C[C@H]1CCc2c(sc(NC(=O)Nc3cccc(Cl)c3)c2C#N)C1. The highest BCUT2D eigenvalue weighted by Gasteiger charge is 2.24. The number of hydrogen-bond donors (Lipinski definition) is 2. The summed E-state index contributed by atoms with van der Waals surface area (Å²) in [6.45, 7) is 2.22. The van der Waals surface area contributed by atoms with Gasteiger partial charge in [0.15, 0.2) is 0 Å². The van der Waals surface area contributed by atoms with Crippen LogP contribution in [0.25, 0.3) is 0 Å². The fourth-order valence-corrected chi connectivity index (χ4v) is 4.34. The van der Waals surface area contributed by atoms with Crippen molar-refractivity contribution in [1.29, 1.82) is 5.26 Å². The summed E-state index contributed by atoms with van der Waals surface area (Å²) in [5, 5.41) is 16.2. The molecule has 118 valence electrons. The molecule has 2 N–H and O–H groups in total. The Bertz CT molecular complexity index is 794. The fraction of sp³-hybridized carbons (Fsp3) is 0.294. The van der Waals surface area contributed by atoms with E-state index in [1.54, 1.807) is 24.3 Å². The summed E-state index contributed by atoms with van der Waals surface area (Å²) in [5.74, 6) is 0.626. The van der Waals surface area contributed by atoms with Gasteiger partial charge >= 0.3 is 6.03 Å². The van der Waals surface area contributed by atoms with Crippen LogP contribution in [0, 0.1) is 17.2 Å². The van der Waals surface area contributed by atoms with E-state index in [0.29, 0.717) is 27.2 Å². The maximum Gasteiger partial charge on any atom is 0.324 e. The molecule has 0 aliphatic heterocycles. The van der Waals surface area contributed by atoms with E-state index in [1.165, 1.54) is 16.2 Å². The first-order chi connectivity index (χ1) is 11.1. The van der Waals surface area contributed by atoms with E-state index in [-0.39, 0.29) is 6.03 Å². The molecular formula is C17H16ClN3OS. The van der Waals surface area contributed by atoms with Crippen molar-refractivity contribution in [3.8, 4) is 6.07 Å². The Labute approximate surface area is 144 Å². The summed E-state index contributed by atoms with van der Waals surface area (Å²) in [6.07, 6.45) is 2.98. The number of fused-ring (bicyclic) bond motifs is 1. The standard InChI is InChI=1S/C17H16ClN3OS/c1-10-5-6-13-14(9-19)16(23-15(13)7-10)21-17(22)20-12-4-2-3-11(18)8-12/h2-4,8,10H,5-7H2,1H3,(H2,20,21,22)/t10-/m0/s1. The van der Waals surface area contributed by atoms with Gasteiger partial charge in [0.25, 0.3) is 0 Å². The molecule has 1 atom stereocenters. The molecule has 0 spiro atoms. The average molecular weight is 346 g/mol. The lowest BCUT2D eigenvalue weighted by molar-refractivity contribution is 0.262. The molecule has 1 aliphatic rings. The van der Waals surface area contributed by atoms with Gasteiger partial charge in [-0.3, -0.25) is 5.32 Å². The molecule has 0 saturated heterocycles. The van der Waals surface area contributed by atoms with E-state index in [0.717, 1.165) is 24.8 Å². The number of nitrogens with zero attached hydrogens (tertiary/aromatic N) is 1. The number of anilines is 2. The molecular weight excluding hydrogens is 330 g/mol. The number of hydrogen-bond acceptors (Lipinski definition) is 3. The van der Waals surface area contributed by atoms with Gasteiger partial charge in [-0.05, 0) is 48.9 Å². The Kier molecular flexibility index (Phi) is 4.56. The molecule has 4 nitrogen and oxygen atoms in total. The molecule has 6 heteroatoms. The molecule has 0 saturated carbocycles. The maximum absolute atomic E-state index is 12.2. The number of rotatable bonds is 2. The van der Waals surface area contributed by atoms with E-state index in [4.69, 9.17) is 11.6 Å². The number of nitrogens with one attached hydrogen (secondary N) is 2. The highest BCUT2D eigenvalue weighted by molar-refractivity contribution is 7.16. The van der Waals surface area contributed by atoms with Crippen LogP contribution in [0.4, 0.5) is 15.5 Å². The fourth-order valence-electron chi connectivity index (χ4n) is 2.79. The second kappa shape index (κ2) is 6.61. The first-order valence-corrected chi connectivity index (χ1v) is 8.64. The Hall–Kier alpha value is -2.03. The zero-order valence-corrected chi connectivity index (χ0v) is 14.2. The largest absolute Gasteiger partial charge is 0.324 e. The summed E-state index contributed by atoms with van der Waals surface area (Å²) in [5.41, 5.74) is 2.33. The number of carbonyl (C=O) groups is 1. The number of carbonyl (C=O) groups excluding carboxylic acids is 1. The predicted molar refractivity (Wildman–Crippen MR) is 94.3 cm³/mol. The minimum Gasteiger partial charge on any atom is -0.308 e. The van der Waals surface area contributed by atoms with Gasteiger partial charge in [-0.2, -0.15) is 5.26 Å². The van der Waals surface area contributed by atoms with Crippen molar-refractivity contribution in [3.05, 3.63) is 45.3 Å². The third kappa shape index (κ3) is 3.49. The van der Waals surface area contributed by atoms with Crippen molar-refractivity contribution in [2.24, 2.45) is 5.92 Å². The number of amides is 2. The molecule has 3 rings (SSSR count). The predicted octanol–water partition coefficient (Wildman–Crippen LogP) is 5.04. The summed E-state index contributed by atoms with van der Waals surface area (Å²) < 4.78 is 0. The minimum absolute atomic E-state index is 0.365. The zero-order valence-electron chi connectivity index (χ0n) is 12.6. The second-order valence-corrected chi connectivity index (χ2v) is 7.30. The molecule has 23 heavy (non-hydrogen) atoms. The maximum atomic E-state index is 12.2. The highest BCUT2D eigenvalue weighted by atomic mass is 35.5. The van der Waals surface area contributed by atoms with Crippen LogP contribution < -0.4 is 10.6 Å². The van der Waals surface area contributed by atoms with E-state index in [9.17, 15) is 10.1 Å². The topological polar surface area (TPSA) is 64.9 Å². The van der Waals surface area contributed by atoms with Crippen LogP contribution in [0.2, 0.25) is 5.02 Å². The minimum atomic E-state index is -0.365. The summed E-state index contributed by atoms with van der Waals surface area (Å²) >= 11 is 7.42. The first-order valence-electron chi connectivity index (χ1n) is 7.45. The van der Waals surface area contributed by atoms with Gasteiger partial charge in [0.2, 0.25) is 0 Å². The van der Waals surface area contributed by atoms with E-state index < -0.39 is 0 Å². The van der Waals surface area contributed by atoms with Crippen LogP contribution in [0.15, 0.2) is 24.3 Å². The quantitative estimate of drug-likeness (QED) is 0.800. The third-order valence-electron chi connectivity index (χ3n) is 3.93. The molecule has 1 aromatic heterocycles. The lowest BCUT2D eigenvalue weighted by atomic mass is 9.89. The van der Waals surface area contributed by atoms with Crippen LogP contribution in [0.3, 0.4) is 0 Å². The molecule has 1 aromatic carbocycles. The van der Waals surface area contributed by atoms with Gasteiger partial charge in [-0.25, -0.2) is 4.79 Å². The van der Waals surface area contributed by atoms with Crippen LogP contribution in [-0.4, -0.2) is 6.03 Å². The van der Waals surface area contributed by atoms with Crippen LogP contribution in [0.5, 0.6) is 0 Å². The number of halogens is 1. The second-order valence-electron chi connectivity index (χ2n) is 5.76. The zero-order chi connectivity index (χ0) is 16.4. The van der Waals surface area contributed by atoms with E-state index in [2.05, 4.69) is 23.6 Å². The van der Waals surface area contributed by atoms with Gasteiger partial charge in [0, 0.05) is 15.6 Å². The molecule has 1 heterocycles. The molecule has 2 aromatic rings. The van der Waals surface area contributed by atoms with Crippen molar-refractivity contribution in [2.75, 3.05) is 10.6 Å². The summed E-state index contributed by atoms with van der Waals surface area (Å²) in [7, 11) is 0. The highest BCUT2D eigenvalue weighted by Crippen LogP contribution is 2.39. The lowest BCUT2D eigenvalue weighted by Crippen LogP contribution is -2.19. The van der Waals surface area contributed by atoms with Gasteiger partial charge < -0.3 is 5.32 Å². The van der Waals surface area contributed by atoms with Crippen LogP contribution >= 0.6 is 22.9 Å². The van der Waals surface area contributed by atoms with E-state index >= 15 is 0 Å². The molecule has 0 fully saturated rings. The summed E-state index contributed by atoms with van der Waals surface area (Å²) in [4.78, 5) is 13.4. The van der Waals surface area contributed by atoms with Gasteiger partial charge in [-0.1, -0.05) is 24.6 Å². The number of urea groups is 1. The molecule has 0 bridgehead atoms. The number of thiophene rings is 1. The molecule has 0 radical (unpaired) electrons. The number of benzene rings is 1. The molecule has 1 aliphatic carbocycles. The monoisotopic (exact) mass is 345 g/mol. The summed E-state index contributed by atoms with van der Waals surface area (Å²) in [6, 6.07) is 8.82. The third-order valence-corrected chi connectivity index (χ3v) is 5.34. The lowest BCUT2D eigenvalue weighted by Gasteiger charge is -2.17. The Balaban J connectivity index is 1.78. The van der Waals surface area contributed by atoms with Crippen LogP contribution in [0.1, 0.15) is 29.3 Å². The number of nitriles is 1. The normalized spacial score (nSPS) is 16.3. The van der Waals surface area contributed by atoms with Crippen molar-refractivity contribution in [3.63, 3.8) is 0 Å². The van der Waals surface area contributed by atoms with Gasteiger partial charge in [-0.15, -0.1) is 11.3 Å². The van der Waals surface area contributed by atoms with Gasteiger partial charge in [0.1, 0.15) is 11.1 Å². The van der Waals surface area contributed by atoms with Gasteiger partial charge in [0.05, 0.1) is 5.56 Å². The smallest absolute Gasteiger partial charge is 0.308 e. The molecule has 0 unspecified atom stereocenters. The Morgan fingerprint density at radius 3 is 3.00 bits per heavy atom. The van der Waals surface area contributed by atoms with Crippen molar-refractivity contribution < 1.29 is 4.79 Å². The average Bonchev–Trinajstić information content (AvgIpc) is 2.82. The van der Waals surface area contributed by atoms with Crippen molar-refractivity contribution in [1.82, 2.24) is 0 Å². The Morgan fingerprint density at radius 2 is 2.26 bits per heavy atom. The van der Waals surface area contributed by atoms with E-state index in [1.807, 2.05) is 0 Å². The van der Waals surface area contributed by atoms with Crippen molar-refractivity contribution in [2.45, 2.75) is 26.2 Å². The molecule has 2 amide bonds. The van der Waals surface area contributed by atoms with Crippen LogP contribution in [-0.2, 0) is 12.8 Å². The Morgan fingerprint density at radius 1 is 1.43 bits per heavy atom. The van der Waals surface area contributed by atoms with Crippen molar-refractivity contribution >= 4 is 39.7 Å².